The van der Waals surface area contributed by atoms with Gasteiger partial charge in [-0.3, -0.25) is 14.9 Å². The molecule has 0 fully saturated rings. The van der Waals surface area contributed by atoms with Gasteiger partial charge in [-0.1, -0.05) is 58.4 Å². The van der Waals surface area contributed by atoms with Crippen molar-refractivity contribution in [2.24, 2.45) is 5.10 Å². The Morgan fingerprint density at radius 2 is 1.59 bits per heavy atom. The molecule has 6 nitrogen and oxygen atoms in total. The molecule has 4 rings (SSSR count). The summed E-state index contributed by atoms with van der Waals surface area (Å²) in [6.07, 6.45) is 1.80. The van der Waals surface area contributed by atoms with Gasteiger partial charge in [0.25, 0.3) is 11.6 Å². The van der Waals surface area contributed by atoms with Gasteiger partial charge in [-0.25, -0.2) is 0 Å². The fourth-order valence-electron chi connectivity index (χ4n) is 2.97. The first-order valence-electron chi connectivity index (χ1n) is 8.73. The largest absolute Gasteiger partial charge is 0.281 e. The zero-order chi connectivity index (χ0) is 20.4. The number of carbonyl (C=O) groups excluding carboxylic acids is 1. The molecule has 1 aliphatic rings. The molecule has 0 N–H and O–H groups in total. The second-order valence-electron chi connectivity index (χ2n) is 6.31. The maximum Gasteiger partial charge on any atom is 0.281 e. The molecule has 1 heterocycles. The number of amides is 1. The molecule has 1 aliphatic heterocycles. The van der Waals surface area contributed by atoms with Gasteiger partial charge < -0.3 is 0 Å². The van der Waals surface area contributed by atoms with Gasteiger partial charge >= 0.3 is 0 Å². The topological polar surface area (TPSA) is 75.8 Å². The van der Waals surface area contributed by atoms with Crippen LogP contribution < -0.4 is 5.01 Å². The van der Waals surface area contributed by atoms with Crippen LogP contribution in [0.25, 0.3) is 6.08 Å². The number of rotatable bonds is 4. The first-order valence-corrected chi connectivity index (χ1v) is 9.53. The van der Waals surface area contributed by atoms with Crippen molar-refractivity contribution in [3.05, 3.63) is 110 Å². The van der Waals surface area contributed by atoms with E-state index < -0.39 is 4.92 Å². The van der Waals surface area contributed by atoms with E-state index in [1.165, 1.54) is 29.3 Å². The van der Waals surface area contributed by atoms with Crippen LogP contribution in [-0.2, 0) is 4.79 Å². The summed E-state index contributed by atoms with van der Waals surface area (Å²) in [7, 11) is 0. The quantitative estimate of drug-likeness (QED) is 0.313. The van der Waals surface area contributed by atoms with Gasteiger partial charge in [0, 0.05) is 22.2 Å². The SMILES string of the molecule is O=C1C(=Cc2ccc(Br)cc2)C(c2ccccc2)=NN1c1ccc([N+](=O)[O-])cc1. The molecule has 0 aromatic heterocycles. The number of hydrogen-bond donors (Lipinski definition) is 0. The smallest absolute Gasteiger partial charge is 0.267 e. The maximum atomic E-state index is 13.2. The van der Waals surface area contributed by atoms with E-state index in [0.29, 0.717) is 17.0 Å². The van der Waals surface area contributed by atoms with Crippen LogP contribution in [0.15, 0.2) is 94.0 Å². The number of benzene rings is 3. The van der Waals surface area contributed by atoms with E-state index in [1.807, 2.05) is 54.6 Å². The van der Waals surface area contributed by atoms with Gasteiger partial charge in [-0.2, -0.15) is 10.1 Å². The summed E-state index contributed by atoms with van der Waals surface area (Å²) in [6.45, 7) is 0. The van der Waals surface area contributed by atoms with E-state index in [2.05, 4.69) is 21.0 Å². The molecule has 0 spiro atoms. The zero-order valence-corrected chi connectivity index (χ0v) is 16.6. The molecule has 0 atom stereocenters. The molecule has 1 amide bonds. The van der Waals surface area contributed by atoms with Crippen LogP contribution >= 0.6 is 15.9 Å². The van der Waals surface area contributed by atoms with Crippen molar-refractivity contribution in [3.63, 3.8) is 0 Å². The summed E-state index contributed by atoms with van der Waals surface area (Å²) in [5.74, 6) is -0.291. The Balaban J connectivity index is 1.78. The van der Waals surface area contributed by atoms with Crippen LogP contribution in [-0.4, -0.2) is 16.5 Å². The van der Waals surface area contributed by atoms with Crippen molar-refractivity contribution in [2.75, 3.05) is 5.01 Å². The maximum absolute atomic E-state index is 13.2. The fraction of sp³-hybridized carbons (Fsp3) is 0. The summed E-state index contributed by atoms with van der Waals surface area (Å²) < 4.78 is 0.946. The van der Waals surface area contributed by atoms with Gasteiger partial charge in [0.05, 0.1) is 16.2 Å². The number of hydrazone groups is 1. The number of anilines is 1. The molecule has 0 bridgehead atoms. The van der Waals surface area contributed by atoms with Crippen LogP contribution in [0, 0.1) is 10.1 Å². The van der Waals surface area contributed by atoms with Gasteiger partial charge in [-0.15, -0.1) is 0 Å². The van der Waals surface area contributed by atoms with Crippen LogP contribution in [0.5, 0.6) is 0 Å². The minimum atomic E-state index is -0.479. The number of halogens is 1. The van der Waals surface area contributed by atoms with Crippen LogP contribution in [0.3, 0.4) is 0 Å². The van der Waals surface area contributed by atoms with E-state index in [-0.39, 0.29) is 11.6 Å². The van der Waals surface area contributed by atoms with Gasteiger partial charge in [0.15, 0.2) is 0 Å². The molecule has 0 saturated carbocycles. The monoisotopic (exact) mass is 447 g/mol. The van der Waals surface area contributed by atoms with E-state index >= 15 is 0 Å². The molecule has 3 aromatic carbocycles. The Morgan fingerprint density at radius 1 is 0.931 bits per heavy atom. The molecule has 3 aromatic rings. The van der Waals surface area contributed by atoms with Crippen molar-refractivity contribution in [2.45, 2.75) is 0 Å². The summed E-state index contributed by atoms with van der Waals surface area (Å²) >= 11 is 3.41. The van der Waals surface area contributed by atoms with Crippen molar-refractivity contribution >= 4 is 45.0 Å². The third-order valence-electron chi connectivity index (χ3n) is 4.41. The minimum Gasteiger partial charge on any atom is -0.267 e. The fourth-order valence-corrected chi connectivity index (χ4v) is 3.23. The average Bonchev–Trinajstić information content (AvgIpc) is 3.06. The van der Waals surface area contributed by atoms with E-state index in [1.54, 1.807) is 6.08 Å². The molecule has 0 aliphatic carbocycles. The number of carbonyl (C=O) groups is 1. The van der Waals surface area contributed by atoms with Crippen LogP contribution in [0.2, 0.25) is 0 Å². The minimum absolute atomic E-state index is 0.0433. The average molecular weight is 448 g/mol. The second kappa shape index (κ2) is 7.81. The van der Waals surface area contributed by atoms with Crippen molar-refractivity contribution in [1.29, 1.82) is 0 Å². The third kappa shape index (κ3) is 3.86. The Kier molecular flexibility index (Phi) is 5.05. The van der Waals surface area contributed by atoms with Crippen LogP contribution in [0.4, 0.5) is 11.4 Å². The lowest BCUT2D eigenvalue weighted by Crippen LogP contribution is -2.21. The molecular weight excluding hydrogens is 434 g/mol. The Bertz CT molecular complexity index is 1140. The lowest BCUT2D eigenvalue weighted by molar-refractivity contribution is -0.384. The summed E-state index contributed by atoms with van der Waals surface area (Å²) in [4.78, 5) is 23.6. The lowest BCUT2D eigenvalue weighted by atomic mass is 10.0. The first kappa shape index (κ1) is 18.8. The van der Waals surface area contributed by atoms with Gasteiger partial charge in [-0.05, 0) is 35.9 Å². The number of hydrogen-bond acceptors (Lipinski definition) is 4. The molecule has 7 heteroatoms. The van der Waals surface area contributed by atoms with E-state index in [4.69, 9.17) is 0 Å². The second-order valence-corrected chi connectivity index (χ2v) is 7.23. The highest BCUT2D eigenvalue weighted by Gasteiger charge is 2.32. The highest BCUT2D eigenvalue weighted by molar-refractivity contribution is 9.10. The summed E-state index contributed by atoms with van der Waals surface area (Å²) in [5, 5.41) is 16.7. The normalized spacial score (nSPS) is 14.9. The van der Waals surface area contributed by atoms with Crippen LogP contribution in [0.1, 0.15) is 11.1 Å². The first-order chi connectivity index (χ1) is 14.0. The van der Waals surface area contributed by atoms with Gasteiger partial charge in [0.1, 0.15) is 5.71 Å². The molecule has 0 radical (unpaired) electrons. The third-order valence-corrected chi connectivity index (χ3v) is 4.94. The number of nitro benzene ring substituents is 1. The highest BCUT2D eigenvalue weighted by atomic mass is 79.9. The Hall–Kier alpha value is -3.58. The number of non-ortho nitro benzene ring substituents is 1. The standard InChI is InChI=1S/C22H14BrN3O3/c23-17-8-6-15(7-9-17)14-20-21(16-4-2-1-3-5-16)24-25(22(20)27)18-10-12-19(13-11-18)26(28)29/h1-14H. The van der Waals surface area contributed by atoms with E-state index in [0.717, 1.165) is 15.6 Å². The Morgan fingerprint density at radius 3 is 2.21 bits per heavy atom. The molecule has 0 saturated heterocycles. The molecule has 142 valence electrons. The van der Waals surface area contributed by atoms with Crippen molar-refractivity contribution < 1.29 is 9.72 Å². The number of nitrogens with zero attached hydrogens (tertiary/aromatic N) is 3. The van der Waals surface area contributed by atoms with E-state index in [9.17, 15) is 14.9 Å². The molecular formula is C22H14BrN3O3. The zero-order valence-electron chi connectivity index (χ0n) is 15.0. The van der Waals surface area contributed by atoms with Gasteiger partial charge in [0.2, 0.25) is 0 Å². The molecule has 0 unspecified atom stereocenters. The van der Waals surface area contributed by atoms with Crippen molar-refractivity contribution in [1.82, 2.24) is 0 Å². The summed E-state index contributed by atoms with van der Waals surface area (Å²) in [6, 6.07) is 22.8. The summed E-state index contributed by atoms with van der Waals surface area (Å²) in [5.41, 5.74) is 3.11. The predicted octanol–water partition coefficient (Wildman–Crippen LogP) is 5.19. The molecule has 29 heavy (non-hydrogen) atoms. The lowest BCUT2D eigenvalue weighted by Gasteiger charge is -2.11. The predicted molar refractivity (Wildman–Crippen MR) is 116 cm³/mol. The van der Waals surface area contributed by atoms with Crippen molar-refractivity contribution in [3.8, 4) is 0 Å². The Labute approximate surface area is 175 Å². The number of nitro groups is 1. The highest BCUT2D eigenvalue weighted by Crippen LogP contribution is 2.29.